The van der Waals surface area contributed by atoms with E-state index in [1.165, 1.54) is 12.1 Å². The number of benzene rings is 2. The highest BCUT2D eigenvalue weighted by atomic mass is 19.1. The molecule has 1 aliphatic heterocycles. The van der Waals surface area contributed by atoms with Crippen LogP contribution in [0.3, 0.4) is 0 Å². The van der Waals surface area contributed by atoms with Gasteiger partial charge >= 0.3 is 6.03 Å². The third-order valence-corrected chi connectivity index (χ3v) is 5.24. The molecule has 7 heteroatoms. The van der Waals surface area contributed by atoms with Crippen LogP contribution in [0, 0.1) is 5.82 Å². The first-order valence-corrected chi connectivity index (χ1v) is 9.88. The van der Waals surface area contributed by atoms with Crippen molar-refractivity contribution in [2.45, 2.75) is 13.5 Å². The van der Waals surface area contributed by atoms with Crippen LogP contribution in [-0.4, -0.2) is 60.9 Å². The van der Waals surface area contributed by atoms with Crippen molar-refractivity contribution in [3.8, 4) is 0 Å². The molecule has 29 heavy (non-hydrogen) atoms. The zero-order chi connectivity index (χ0) is 20.8. The van der Waals surface area contributed by atoms with Crippen molar-refractivity contribution in [3.05, 3.63) is 65.5 Å². The monoisotopic (exact) mass is 398 g/mol. The van der Waals surface area contributed by atoms with Crippen molar-refractivity contribution in [2.75, 3.05) is 44.2 Å². The average Bonchev–Trinajstić information content (AvgIpc) is 2.77. The van der Waals surface area contributed by atoms with E-state index < -0.39 is 0 Å². The van der Waals surface area contributed by atoms with Crippen LogP contribution in [0.25, 0.3) is 0 Å². The minimum atomic E-state index is -0.389. The number of hydrogen-bond donors (Lipinski definition) is 1. The van der Waals surface area contributed by atoms with Gasteiger partial charge in [0.1, 0.15) is 5.82 Å². The maximum Gasteiger partial charge on any atom is 0.324 e. The van der Waals surface area contributed by atoms with E-state index >= 15 is 0 Å². The normalized spacial score (nSPS) is 14.7. The van der Waals surface area contributed by atoms with Gasteiger partial charge in [-0.3, -0.25) is 9.69 Å². The second-order valence-electron chi connectivity index (χ2n) is 7.09. The number of ketones is 1. The number of likely N-dealkylation sites (N-methyl/N-ethyl adjacent to an activating group) is 1. The summed E-state index contributed by atoms with van der Waals surface area (Å²) in [5.74, 6) is -0.525. The number of carbonyl (C=O) groups is 2. The first kappa shape index (κ1) is 21.0. The minimum absolute atomic E-state index is 0.0447. The van der Waals surface area contributed by atoms with Crippen LogP contribution >= 0.6 is 0 Å². The Morgan fingerprint density at radius 1 is 1.07 bits per heavy atom. The van der Waals surface area contributed by atoms with E-state index in [1.54, 1.807) is 41.3 Å². The van der Waals surface area contributed by atoms with E-state index in [9.17, 15) is 14.0 Å². The molecule has 154 valence electrons. The summed E-state index contributed by atoms with van der Waals surface area (Å²) in [6.07, 6.45) is 0. The smallest absolute Gasteiger partial charge is 0.324 e. The van der Waals surface area contributed by atoms with E-state index in [0.717, 1.165) is 25.2 Å². The van der Waals surface area contributed by atoms with Crippen molar-refractivity contribution in [1.82, 2.24) is 9.80 Å². The Balaban J connectivity index is 1.82. The number of halogens is 1. The minimum Gasteiger partial charge on any atom is -0.324 e. The van der Waals surface area contributed by atoms with Crippen molar-refractivity contribution >= 4 is 17.5 Å². The van der Waals surface area contributed by atoms with Gasteiger partial charge in [-0.2, -0.15) is 0 Å². The van der Waals surface area contributed by atoms with E-state index in [0.29, 0.717) is 24.3 Å². The summed E-state index contributed by atoms with van der Waals surface area (Å²) in [5, 5.41) is 0. The van der Waals surface area contributed by atoms with E-state index in [2.05, 4.69) is 11.8 Å². The topological polar surface area (TPSA) is 69.9 Å². The highest BCUT2D eigenvalue weighted by Gasteiger charge is 2.26. The summed E-state index contributed by atoms with van der Waals surface area (Å²) in [4.78, 5) is 30.7. The van der Waals surface area contributed by atoms with Gasteiger partial charge in [0, 0.05) is 37.4 Å². The number of nitrogens with two attached hydrogens (primary N) is 1. The third-order valence-electron chi connectivity index (χ3n) is 5.24. The molecule has 0 unspecified atom stereocenters. The summed E-state index contributed by atoms with van der Waals surface area (Å²) in [6, 6.07) is 12.9. The molecular formula is C22H27FN4O2. The highest BCUT2D eigenvalue weighted by molar-refractivity contribution is 5.97. The number of Topliss-reactive ketones (excluding diaryl/α,β-unsaturated/α-hetero) is 1. The van der Waals surface area contributed by atoms with Crippen LogP contribution in [-0.2, 0) is 6.54 Å². The lowest BCUT2D eigenvalue weighted by Gasteiger charge is -2.37. The molecule has 6 nitrogen and oxygen atoms in total. The number of nitrogens with zero attached hydrogens (tertiary/aromatic N) is 3. The molecule has 0 radical (unpaired) electrons. The molecule has 0 aliphatic carbocycles. The van der Waals surface area contributed by atoms with E-state index in [1.807, 2.05) is 4.90 Å². The molecule has 2 aromatic rings. The fourth-order valence-electron chi connectivity index (χ4n) is 3.44. The first-order valence-electron chi connectivity index (χ1n) is 9.88. The standard InChI is InChI=1S/C22H27FN4O2/c1-2-25-10-12-26(13-11-25)22(29)27(20-5-3-4-19(23)14-20)16-17-6-8-18(9-7-17)21(28)15-24/h3-9,14H,2,10-13,15-16,24H2,1H3. The number of piperazine rings is 1. The fraction of sp³-hybridized carbons (Fsp3) is 0.364. The molecule has 0 aromatic heterocycles. The SMILES string of the molecule is CCN1CCN(C(=O)N(Cc2ccc(C(=O)CN)cc2)c2cccc(F)c2)CC1. The Labute approximate surface area is 170 Å². The second-order valence-corrected chi connectivity index (χ2v) is 7.09. The summed E-state index contributed by atoms with van der Waals surface area (Å²) >= 11 is 0. The van der Waals surface area contributed by atoms with Gasteiger partial charge in [0.15, 0.2) is 5.78 Å². The van der Waals surface area contributed by atoms with Crippen molar-refractivity contribution in [3.63, 3.8) is 0 Å². The molecule has 1 fully saturated rings. The fourth-order valence-corrected chi connectivity index (χ4v) is 3.44. The van der Waals surface area contributed by atoms with E-state index in [-0.39, 0.29) is 30.7 Å². The van der Waals surface area contributed by atoms with Gasteiger partial charge in [-0.05, 0) is 30.3 Å². The maximum atomic E-state index is 13.8. The first-order chi connectivity index (χ1) is 14.0. The zero-order valence-electron chi connectivity index (χ0n) is 16.7. The number of rotatable bonds is 6. The molecule has 1 heterocycles. The van der Waals surface area contributed by atoms with Gasteiger partial charge in [0.25, 0.3) is 0 Å². The summed E-state index contributed by atoms with van der Waals surface area (Å²) < 4.78 is 13.8. The quantitative estimate of drug-likeness (QED) is 0.760. The number of amides is 2. The Hall–Kier alpha value is -2.77. The number of anilines is 1. The predicted molar refractivity (Wildman–Crippen MR) is 111 cm³/mol. The largest absolute Gasteiger partial charge is 0.324 e. The van der Waals surface area contributed by atoms with Crippen LogP contribution in [0.1, 0.15) is 22.8 Å². The Morgan fingerprint density at radius 2 is 1.76 bits per heavy atom. The molecular weight excluding hydrogens is 371 g/mol. The molecule has 0 atom stereocenters. The van der Waals surface area contributed by atoms with E-state index in [4.69, 9.17) is 5.73 Å². The summed E-state index contributed by atoms with van der Waals surface area (Å²) in [5.41, 5.74) is 7.31. The highest BCUT2D eigenvalue weighted by Crippen LogP contribution is 2.21. The molecule has 2 amide bonds. The molecule has 0 bridgehead atoms. The second kappa shape index (κ2) is 9.62. The molecule has 0 saturated carbocycles. The Bertz CT molecular complexity index is 848. The molecule has 2 aromatic carbocycles. The average molecular weight is 398 g/mol. The number of carbonyl (C=O) groups excluding carboxylic acids is 2. The Kier molecular flexibility index (Phi) is 6.95. The van der Waals surface area contributed by atoms with Crippen LogP contribution in [0.15, 0.2) is 48.5 Å². The Morgan fingerprint density at radius 3 is 2.34 bits per heavy atom. The molecule has 2 N–H and O–H groups in total. The lowest BCUT2D eigenvalue weighted by atomic mass is 10.1. The molecule has 1 saturated heterocycles. The van der Waals surface area contributed by atoms with Crippen LogP contribution in [0.5, 0.6) is 0 Å². The molecule has 0 spiro atoms. The molecule has 1 aliphatic rings. The van der Waals surface area contributed by atoms with Crippen LogP contribution < -0.4 is 10.6 Å². The van der Waals surface area contributed by atoms with Gasteiger partial charge in [-0.25, -0.2) is 9.18 Å². The van der Waals surface area contributed by atoms with Crippen molar-refractivity contribution < 1.29 is 14.0 Å². The summed E-state index contributed by atoms with van der Waals surface area (Å²) in [6.45, 7) is 6.25. The van der Waals surface area contributed by atoms with Crippen LogP contribution in [0.4, 0.5) is 14.9 Å². The third kappa shape index (κ3) is 5.19. The van der Waals surface area contributed by atoms with Crippen molar-refractivity contribution in [2.24, 2.45) is 5.73 Å². The lowest BCUT2D eigenvalue weighted by molar-refractivity contribution is 0.100. The van der Waals surface area contributed by atoms with Gasteiger partial charge in [-0.15, -0.1) is 0 Å². The predicted octanol–water partition coefficient (Wildman–Crippen LogP) is 2.73. The van der Waals surface area contributed by atoms with Gasteiger partial charge in [0.05, 0.1) is 13.1 Å². The van der Waals surface area contributed by atoms with Gasteiger partial charge in [-0.1, -0.05) is 37.3 Å². The zero-order valence-corrected chi connectivity index (χ0v) is 16.7. The lowest BCUT2D eigenvalue weighted by Crippen LogP contribution is -2.52. The molecule has 3 rings (SSSR count). The van der Waals surface area contributed by atoms with Gasteiger partial charge in [0.2, 0.25) is 0 Å². The number of urea groups is 1. The van der Waals surface area contributed by atoms with Crippen molar-refractivity contribution in [1.29, 1.82) is 0 Å². The summed E-state index contributed by atoms with van der Waals surface area (Å²) in [7, 11) is 0. The number of hydrogen-bond acceptors (Lipinski definition) is 4. The maximum absolute atomic E-state index is 13.8. The van der Waals surface area contributed by atoms with Crippen LogP contribution in [0.2, 0.25) is 0 Å². The van der Waals surface area contributed by atoms with Gasteiger partial charge < -0.3 is 15.5 Å².